The van der Waals surface area contributed by atoms with Crippen molar-refractivity contribution in [1.29, 1.82) is 0 Å². The Morgan fingerprint density at radius 3 is 1.73 bits per heavy atom. The van der Waals surface area contributed by atoms with Gasteiger partial charge in [0.15, 0.2) is 30.6 Å². The molecule has 5 aliphatic carbocycles. The molecule has 0 aromatic carbocycles. The number of allylic oxidation sites excluding steroid dienone is 2. The van der Waals surface area contributed by atoms with Gasteiger partial charge >= 0.3 is 17.9 Å². The maximum atomic E-state index is 14.8. The van der Waals surface area contributed by atoms with Crippen LogP contribution in [0.3, 0.4) is 0 Å². The van der Waals surface area contributed by atoms with Gasteiger partial charge in [-0.1, -0.05) is 47.1 Å². The molecule has 0 unspecified atom stereocenters. The van der Waals surface area contributed by atoms with Crippen molar-refractivity contribution in [3.05, 3.63) is 11.6 Å². The zero-order chi connectivity index (χ0) is 42.9. The number of aliphatic hydroxyl groups excluding tert-OH is 5. The molecule has 22 N–H and O–H groups in total. The van der Waals surface area contributed by atoms with Gasteiger partial charge in [-0.3, -0.25) is 9.59 Å². The zero-order valence-electron chi connectivity index (χ0n) is 37.8. The van der Waals surface area contributed by atoms with Gasteiger partial charge in [0.2, 0.25) is 0 Å². The van der Waals surface area contributed by atoms with E-state index in [1.807, 2.05) is 26.8 Å². The largest absolute Gasteiger partial charge is 0.481 e. The average Bonchev–Trinajstić information content (AvgIpc) is 3.13. The third-order valence-corrected chi connectivity index (χ3v) is 17.2. The highest BCUT2D eigenvalue weighted by Crippen LogP contribution is 2.75. The predicted molar refractivity (Wildman–Crippen MR) is 224 cm³/mol. The Balaban J connectivity index is 0.00000341. The van der Waals surface area contributed by atoms with Crippen molar-refractivity contribution in [2.24, 2.45) is 50.2 Å². The first kappa shape index (κ1) is 59.2. The summed E-state index contributed by atoms with van der Waals surface area (Å²) in [4.78, 5) is 51.3. The average molecular weight is 929 g/mol. The highest BCUT2D eigenvalue weighted by Gasteiger charge is 2.71. The van der Waals surface area contributed by atoms with Crippen LogP contribution in [0.1, 0.15) is 106 Å². The smallest absolute Gasteiger partial charge is 0.335 e. The molecule has 2 saturated heterocycles. The Hall–Kier alpha value is -2.78. The molecule has 0 amide bonds. The minimum Gasteiger partial charge on any atom is -0.481 e. The van der Waals surface area contributed by atoms with Crippen molar-refractivity contribution < 1.29 is 101 Å². The lowest BCUT2D eigenvalue weighted by atomic mass is 9.33. The van der Waals surface area contributed by atoms with Crippen LogP contribution in [0.2, 0.25) is 0 Å². The summed E-state index contributed by atoms with van der Waals surface area (Å²) in [5.41, 5.74) is -1.81. The van der Waals surface area contributed by atoms with Crippen molar-refractivity contribution in [2.45, 2.75) is 174 Å². The number of aliphatic carboxylic acids is 3. The van der Waals surface area contributed by atoms with E-state index >= 15 is 0 Å². The molecule has 0 aromatic heterocycles. The second kappa shape index (κ2) is 19.4. The molecular weight excluding hydrogens is 852 g/mol. The van der Waals surface area contributed by atoms with Crippen molar-refractivity contribution >= 4 is 23.7 Å². The molecule has 374 valence electrons. The predicted octanol–water partition coefficient (Wildman–Crippen LogP) is -0.729. The Bertz CT molecular complexity index is 1750. The van der Waals surface area contributed by atoms with Gasteiger partial charge in [-0.05, 0) is 110 Å². The van der Waals surface area contributed by atoms with Crippen LogP contribution in [0.5, 0.6) is 0 Å². The van der Waals surface area contributed by atoms with Crippen molar-refractivity contribution in [2.75, 3.05) is 0 Å². The van der Waals surface area contributed by atoms with Crippen LogP contribution in [0.4, 0.5) is 0 Å². The van der Waals surface area contributed by atoms with Crippen LogP contribution in [0.15, 0.2) is 11.6 Å². The van der Waals surface area contributed by atoms with Crippen LogP contribution >= 0.6 is 0 Å². The van der Waals surface area contributed by atoms with Crippen LogP contribution < -0.4 is 12.3 Å². The number of carbonyl (C=O) groups is 4. The molecule has 64 heavy (non-hydrogen) atoms. The number of aliphatic hydroxyl groups is 5. The fraction of sp³-hybridized carbons (Fsp3) is 0.857. The SMILES string of the molecule is CC1(C)[C@@H](O[C@H]2O[C@H](C(=O)O)[C@@H](O)[C@H](O)[C@H]2O[C@H]2O[C@H](C(=O)O)[C@@H](O)[C@H](O)[C@H]2O)CC[C@]2(C)[C@H]3C(=O)C=C4[C@@H]5C[C@@](C)(C(=O)O)CC[C@]5(C)CC[C@@]4(C)[C@]3(C)CC[C@@H]12.N.N.O.O.O.O. The number of rotatable bonds is 7. The summed E-state index contributed by atoms with van der Waals surface area (Å²) in [6.07, 6.45) is -12.2. The number of carbonyl (C=O) groups excluding carboxylic acids is 1. The van der Waals surface area contributed by atoms with Crippen LogP contribution in [0.25, 0.3) is 0 Å². The topological polar surface area (TPSA) is 463 Å². The summed E-state index contributed by atoms with van der Waals surface area (Å²) in [5.74, 6) is -4.47. The molecule has 2 aliphatic heterocycles. The van der Waals surface area contributed by atoms with E-state index in [0.29, 0.717) is 25.7 Å². The van der Waals surface area contributed by atoms with Crippen LogP contribution in [-0.4, -0.2) is 154 Å². The molecule has 7 aliphatic rings. The molecule has 0 spiro atoms. The first-order chi connectivity index (χ1) is 26.8. The summed E-state index contributed by atoms with van der Waals surface area (Å²) in [6.45, 7) is 14.8. The normalized spacial score (nSPS) is 47.6. The molecule has 2 heterocycles. The summed E-state index contributed by atoms with van der Waals surface area (Å²) in [5, 5.41) is 83.0. The van der Waals surface area contributed by atoms with Crippen molar-refractivity contribution in [3.8, 4) is 0 Å². The van der Waals surface area contributed by atoms with Crippen molar-refractivity contribution in [3.63, 3.8) is 0 Å². The summed E-state index contributed by atoms with van der Waals surface area (Å²) >= 11 is 0. The maximum Gasteiger partial charge on any atom is 0.335 e. The van der Waals surface area contributed by atoms with Crippen LogP contribution in [0, 0.1) is 50.2 Å². The molecule has 22 nitrogen and oxygen atoms in total. The van der Waals surface area contributed by atoms with E-state index in [4.69, 9.17) is 18.9 Å². The number of carboxylic acids is 3. The van der Waals surface area contributed by atoms with Gasteiger partial charge in [0.1, 0.15) is 36.6 Å². The molecular formula is C42H76N2O20. The fourth-order valence-corrected chi connectivity index (χ4v) is 13.4. The molecule has 0 aromatic rings. The second-order valence-corrected chi connectivity index (χ2v) is 20.6. The van der Waals surface area contributed by atoms with Gasteiger partial charge in [0.05, 0.1) is 11.5 Å². The molecule has 22 heteroatoms. The summed E-state index contributed by atoms with van der Waals surface area (Å²) in [6, 6.07) is 0. The molecule has 19 atom stereocenters. The van der Waals surface area contributed by atoms with Gasteiger partial charge in [0, 0.05) is 5.92 Å². The number of hydrogen-bond acceptors (Lipinski definition) is 15. The Morgan fingerprint density at radius 2 is 1.19 bits per heavy atom. The number of hydrogen-bond donors (Lipinski definition) is 10. The lowest BCUT2D eigenvalue weighted by Crippen LogP contribution is -2.68. The van der Waals surface area contributed by atoms with E-state index in [0.717, 1.165) is 37.7 Å². The third kappa shape index (κ3) is 8.55. The first-order valence-corrected chi connectivity index (χ1v) is 20.7. The number of ketones is 1. The second-order valence-electron chi connectivity index (χ2n) is 20.6. The minimum atomic E-state index is -2.05. The first-order valence-electron chi connectivity index (χ1n) is 20.7. The maximum absolute atomic E-state index is 14.8. The van der Waals surface area contributed by atoms with Crippen molar-refractivity contribution in [1.82, 2.24) is 12.3 Å². The standard InChI is InChI=1S/C42H62O16.2H3N.4H2O/c1-37(2)21-8-11-42(7)31(20(43)16-18-19-17-39(4,36(53)54)13-12-38(19,3)14-15-41(18,42)6)40(21,5)10-9-22(37)55-35-30(26(47)25(46)29(57-35)33(51)52)58-34-27(48)23(44)24(45)28(56-34)32(49)50;;;;;;/h16,19,21-31,34-35,44-48H,8-15,17H2,1-7H3,(H,49,50)(H,51,52)(H,53,54);2*1H3;4*1H2/t19-,21-,22-,23-,24-,25-,26-,27+,28-,29-,30+,31+,34+,35-,38+,39-,40-,41+,42+;;;;;;/m0....../s1. The fourth-order valence-electron chi connectivity index (χ4n) is 13.4. The molecule has 6 fully saturated rings. The van der Waals surface area contributed by atoms with E-state index in [1.165, 1.54) is 0 Å². The van der Waals surface area contributed by atoms with E-state index in [9.17, 15) is 60.0 Å². The van der Waals surface area contributed by atoms with E-state index in [1.54, 1.807) is 0 Å². The molecule has 0 radical (unpaired) electrons. The van der Waals surface area contributed by atoms with E-state index in [2.05, 4.69) is 27.7 Å². The highest BCUT2D eigenvalue weighted by molar-refractivity contribution is 5.95. The van der Waals surface area contributed by atoms with Gasteiger partial charge < -0.3 is 94.0 Å². The van der Waals surface area contributed by atoms with E-state index in [-0.39, 0.29) is 68.6 Å². The Morgan fingerprint density at radius 1 is 0.656 bits per heavy atom. The third-order valence-electron chi connectivity index (χ3n) is 17.2. The summed E-state index contributed by atoms with van der Waals surface area (Å²) in [7, 11) is 0. The number of carboxylic acid groups (broad SMARTS) is 3. The van der Waals surface area contributed by atoms with Gasteiger partial charge in [0.25, 0.3) is 0 Å². The lowest BCUT2D eigenvalue weighted by molar-refractivity contribution is -0.371. The van der Waals surface area contributed by atoms with E-state index < -0.39 is 107 Å². The zero-order valence-corrected chi connectivity index (χ0v) is 37.8. The summed E-state index contributed by atoms with van der Waals surface area (Å²) < 4.78 is 23.4. The minimum absolute atomic E-state index is 0. The Labute approximate surface area is 372 Å². The quantitative estimate of drug-likeness (QED) is 0.141. The number of ether oxygens (including phenoxy) is 4. The van der Waals surface area contributed by atoms with Gasteiger partial charge in [-0.2, -0.15) is 0 Å². The number of fused-ring (bicyclic) bond motifs is 7. The highest BCUT2D eigenvalue weighted by atomic mass is 16.8. The lowest BCUT2D eigenvalue weighted by Gasteiger charge is -2.70. The monoisotopic (exact) mass is 928 g/mol. The van der Waals surface area contributed by atoms with Crippen LogP contribution in [-0.2, 0) is 38.1 Å². The molecule has 7 rings (SSSR count). The van der Waals surface area contributed by atoms with Gasteiger partial charge in [-0.15, -0.1) is 0 Å². The van der Waals surface area contributed by atoms with Gasteiger partial charge in [-0.25, -0.2) is 9.59 Å². The Kier molecular flexibility index (Phi) is 18.0. The molecule has 0 bridgehead atoms. The molecule has 4 saturated carbocycles.